The Balaban J connectivity index is 1.76. The second kappa shape index (κ2) is 6.72. The van der Waals surface area contributed by atoms with Crippen LogP contribution >= 0.6 is 0 Å². The Labute approximate surface area is 123 Å². The van der Waals surface area contributed by atoms with E-state index in [0.29, 0.717) is 5.41 Å². The van der Waals surface area contributed by atoms with Crippen molar-refractivity contribution in [2.45, 2.75) is 53.1 Å². The van der Waals surface area contributed by atoms with Crippen molar-refractivity contribution in [3.8, 4) is 0 Å². The van der Waals surface area contributed by atoms with Crippen LogP contribution in [0.3, 0.4) is 0 Å². The van der Waals surface area contributed by atoms with Gasteiger partial charge in [-0.2, -0.15) is 0 Å². The lowest BCUT2D eigenvalue weighted by Gasteiger charge is -2.32. The molecule has 1 aromatic rings. The second-order valence-electron chi connectivity index (χ2n) is 7.10. The van der Waals surface area contributed by atoms with E-state index in [1.165, 1.54) is 25.2 Å². The number of aromatic nitrogens is 2. The van der Waals surface area contributed by atoms with Gasteiger partial charge < -0.3 is 10.3 Å². The molecule has 4 heteroatoms. The summed E-state index contributed by atoms with van der Waals surface area (Å²) >= 11 is 0. The van der Waals surface area contributed by atoms with Gasteiger partial charge in [-0.3, -0.25) is 4.90 Å². The molecule has 1 unspecified atom stereocenters. The number of nitrogens with zero attached hydrogens (tertiary/aromatic N) is 3. The topological polar surface area (TPSA) is 47.1 Å². The normalized spacial score (nSPS) is 18.0. The van der Waals surface area contributed by atoms with E-state index in [1.807, 2.05) is 6.20 Å². The highest BCUT2D eigenvalue weighted by molar-refractivity contribution is 4.95. The van der Waals surface area contributed by atoms with Crippen LogP contribution in [0.1, 0.15) is 45.9 Å². The first kappa shape index (κ1) is 15.5. The molecule has 0 bridgehead atoms. The third kappa shape index (κ3) is 4.06. The van der Waals surface area contributed by atoms with Gasteiger partial charge in [0.05, 0.1) is 6.54 Å². The van der Waals surface area contributed by atoms with Crippen molar-refractivity contribution in [1.29, 1.82) is 0 Å². The van der Waals surface area contributed by atoms with Gasteiger partial charge in [-0.1, -0.05) is 20.8 Å². The maximum Gasteiger partial charge on any atom is 0.122 e. The summed E-state index contributed by atoms with van der Waals surface area (Å²) in [6.45, 7) is 12.2. The standard InChI is InChI=1S/C16H30N4/c1-16(2,3)14(6-7-17)5-4-9-19-11-12-20-10-8-18-15(20)13-19/h8,10,14H,4-7,9,11-13,17H2,1-3H3. The molecular weight excluding hydrogens is 248 g/mol. The molecule has 1 aromatic heterocycles. The van der Waals surface area contributed by atoms with Crippen LogP contribution in [0.5, 0.6) is 0 Å². The lowest BCUT2D eigenvalue weighted by molar-refractivity contribution is 0.177. The molecule has 0 radical (unpaired) electrons. The predicted molar refractivity (Wildman–Crippen MR) is 83.4 cm³/mol. The van der Waals surface area contributed by atoms with Crippen molar-refractivity contribution in [2.24, 2.45) is 17.1 Å². The van der Waals surface area contributed by atoms with E-state index < -0.39 is 0 Å². The van der Waals surface area contributed by atoms with Crippen LogP contribution < -0.4 is 5.73 Å². The predicted octanol–water partition coefficient (Wildman–Crippen LogP) is 2.49. The molecule has 1 atom stereocenters. The number of hydrogen-bond acceptors (Lipinski definition) is 3. The molecule has 0 saturated carbocycles. The van der Waals surface area contributed by atoms with Gasteiger partial charge in [-0.25, -0.2) is 4.98 Å². The summed E-state index contributed by atoms with van der Waals surface area (Å²) in [6, 6.07) is 0. The van der Waals surface area contributed by atoms with Crippen LogP contribution in [0, 0.1) is 11.3 Å². The zero-order valence-electron chi connectivity index (χ0n) is 13.3. The highest BCUT2D eigenvalue weighted by Crippen LogP contribution is 2.32. The molecule has 2 rings (SSSR count). The minimum atomic E-state index is 0.373. The number of imidazole rings is 1. The molecule has 114 valence electrons. The summed E-state index contributed by atoms with van der Waals surface area (Å²) in [7, 11) is 0. The Kier molecular flexibility index (Phi) is 5.22. The molecule has 4 nitrogen and oxygen atoms in total. The summed E-state index contributed by atoms with van der Waals surface area (Å²) < 4.78 is 2.27. The van der Waals surface area contributed by atoms with Gasteiger partial charge in [0, 0.05) is 25.5 Å². The van der Waals surface area contributed by atoms with Gasteiger partial charge in [0.25, 0.3) is 0 Å². The smallest absolute Gasteiger partial charge is 0.122 e. The fourth-order valence-corrected chi connectivity index (χ4v) is 3.19. The average molecular weight is 278 g/mol. The Bertz CT molecular complexity index is 405. The highest BCUT2D eigenvalue weighted by Gasteiger charge is 2.24. The first-order chi connectivity index (χ1) is 9.50. The van der Waals surface area contributed by atoms with Crippen LogP contribution in [-0.2, 0) is 13.1 Å². The number of fused-ring (bicyclic) bond motifs is 1. The zero-order valence-corrected chi connectivity index (χ0v) is 13.3. The molecule has 2 N–H and O–H groups in total. The molecule has 20 heavy (non-hydrogen) atoms. The highest BCUT2D eigenvalue weighted by atomic mass is 15.2. The SMILES string of the molecule is CC(C)(C)C(CCN)CCCN1CCn2ccnc2C1. The van der Waals surface area contributed by atoms with Crippen molar-refractivity contribution < 1.29 is 0 Å². The summed E-state index contributed by atoms with van der Waals surface area (Å²) in [5, 5.41) is 0. The maximum absolute atomic E-state index is 5.76. The van der Waals surface area contributed by atoms with Crippen molar-refractivity contribution in [2.75, 3.05) is 19.6 Å². The van der Waals surface area contributed by atoms with E-state index in [-0.39, 0.29) is 0 Å². The lowest BCUT2D eigenvalue weighted by atomic mass is 9.76. The molecule has 1 aliphatic rings. The van der Waals surface area contributed by atoms with Gasteiger partial charge in [0.2, 0.25) is 0 Å². The summed E-state index contributed by atoms with van der Waals surface area (Å²) in [5.41, 5.74) is 6.13. The number of nitrogens with two attached hydrogens (primary N) is 1. The largest absolute Gasteiger partial charge is 0.333 e. The Morgan fingerprint density at radius 1 is 1.30 bits per heavy atom. The zero-order chi connectivity index (χ0) is 14.6. The lowest BCUT2D eigenvalue weighted by Crippen LogP contribution is -2.34. The van der Waals surface area contributed by atoms with Crippen molar-refractivity contribution >= 4 is 0 Å². The Morgan fingerprint density at radius 3 is 2.80 bits per heavy atom. The molecule has 0 amide bonds. The van der Waals surface area contributed by atoms with Crippen molar-refractivity contribution in [3.05, 3.63) is 18.2 Å². The van der Waals surface area contributed by atoms with Crippen LogP contribution in [-0.4, -0.2) is 34.1 Å². The quantitative estimate of drug-likeness (QED) is 0.869. The van der Waals surface area contributed by atoms with Crippen LogP contribution in [0.2, 0.25) is 0 Å². The first-order valence-electron chi connectivity index (χ1n) is 7.93. The van der Waals surface area contributed by atoms with Gasteiger partial charge in [0.15, 0.2) is 0 Å². The third-order valence-corrected chi connectivity index (χ3v) is 4.59. The van der Waals surface area contributed by atoms with Crippen LogP contribution in [0.25, 0.3) is 0 Å². The number of rotatable bonds is 6. The minimum Gasteiger partial charge on any atom is -0.333 e. The minimum absolute atomic E-state index is 0.373. The first-order valence-corrected chi connectivity index (χ1v) is 7.93. The molecule has 0 saturated heterocycles. The van der Waals surface area contributed by atoms with E-state index in [4.69, 9.17) is 5.73 Å². The molecule has 0 fully saturated rings. The fourth-order valence-electron chi connectivity index (χ4n) is 3.19. The van der Waals surface area contributed by atoms with Crippen molar-refractivity contribution in [3.63, 3.8) is 0 Å². The van der Waals surface area contributed by atoms with Crippen molar-refractivity contribution in [1.82, 2.24) is 14.5 Å². The summed E-state index contributed by atoms with van der Waals surface area (Å²) in [5.74, 6) is 1.95. The molecular formula is C16H30N4. The fraction of sp³-hybridized carbons (Fsp3) is 0.812. The maximum atomic E-state index is 5.76. The second-order valence-corrected chi connectivity index (χ2v) is 7.10. The Hall–Kier alpha value is -0.870. The summed E-state index contributed by atoms with van der Waals surface area (Å²) in [6.07, 6.45) is 7.70. The van der Waals surface area contributed by atoms with Gasteiger partial charge in [-0.05, 0) is 43.7 Å². The van der Waals surface area contributed by atoms with E-state index in [2.05, 4.69) is 41.4 Å². The molecule has 0 aromatic carbocycles. The van der Waals surface area contributed by atoms with Crippen LogP contribution in [0.4, 0.5) is 0 Å². The van der Waals surface area contributed by atoms with E-state index in [1.54, 1.807) is 0 Å². The van der Waals surface area contributed by atoms with Crippen LogP contribution in [0.15, 0.2) is 12.4 Å². The van der Waals surface area contributed by atoms with Gasteiger partial charge >= 0.3 is 0 Å². The molecule has 0 aliphatic carbocycles. The van der Waals surface area contributed by atoms with E-state index in [0.717, 1.165) is 38.5 Å². The third-order valence-electron chi connectivity index (χ3n) is 4.59. The average Bonchev–Trinajstić information content (AvgIpc) is 2.84. The van der Waals surface area contributed by atoms with Gasteiger partial charge in [-0.15, -0.1) is 0 Å². The molecule has 1 aliphatic heterocycles. The summed E-state index contributed by atoms with van der Waals surface area (Å²) in [4.78, 5) is 6.96. The monoisotopic (exact) mass is 278 g/mol. The number of hydrogen-bond donors (Lipinski definition) is 1. The Morgan fingerprint density at radius 2 is 2.10 bits per heavy atom. The molecule has 0 spiro atoms. The van der Waals surface area contributed by atoms with E-state index >= 15 is 0 Å². The van der Waals surface area contributed by atoms with Gasteiger partial charge in [0.1, 0.15) is 5.82 Å². The van der Waals surface area contributed by atoms with E-state index in [9.17, 15) is 0 Å². The molecule has 2 heterocycles.